The number of anilines is 6. The average molecular weight is 821 g/mol. The highest BCUT2D eigenvalue weighted by Crippen LogP contribution is 2.65. The Bertz CT molecular complexity index is 2700. The minimum Gasteiger partial charge on any atom is -0.311 e. The molecule has 0 aromatic heterocycles. The van der Waals surface area contributed by atoms with Crippen LogP contribution in [0.2, 0.25) is 0 Å². The lowest BCUT2D eigenvalue weighted by Gasteiger charge is -2.62. The van der Waals surface area contributed by atoms with Gasteiger partial charge in [-0.15, -0.1) is 0 Å². The van der Waals surface area contributed by atoms with E-state index in [9.17, 15) is 0 Å². The van der Waals surface area contributed by atoms with Crippen molar-refractivity contribution in [3.05, 3.63) is 204 Å². The number of hydrogen-bond donors (Lipinski definition) is 0. The maximum Gasteiger partial charge on any atom is 0.0543 e. The second-order valence-corrected chi connectivity index (χ2v) is 20.4. The zero-order valence-corrected chi connectivity index (χ0v) is 37.1. The third kappa shape index (κ3) is 6.34. The predicted octanol–water partition coefficient (Wildman–Crippen LogP) is 16.7. The Morgan fingerprint density at radius 3 is 1.48 bits per heavy atom. The Labute approximate surface area is 375 Å². The first kappa shape index (κ1) is 38.8. The van der Waals surface area contributed by atoms with Crippen molar-refractivity contribution in [3.8, 4) is 11.1 Å². The van der Waals surface area contributed by atoms with Crippen molar-refractivity contribution in [2.75, 3.05) is 9.80 Å². The fourth-order valence-electron chi connectivity index (χ4n) is 14.1. The first-order chi connectivity index (χ1) is 31.0. The standard InChI is InChI=1S/C61H60N2/c1-60(2)56-22-13-12-21-55(56)59-57(60)23-14-24-58(59)63(51-19-10-5-11-20-51)54-35-29-47(30-36-54)61(48-38-42-37-43(40-48)41-49(61)39-42)46-27-33-53(34-28-46)62(50-17-8-4-9-18-50)52-31-25-45(26-32-52)44-15-6-3-7-16-44/h4-5,8-14,17-36,42-44,48-49H,3,6-7,15-16,37-41H2,1-2H3. The van der Waals surface area contributed by atoms with Crippen LogP contribution in [0.3, 0.4) is 0 Å². The molecule has 0 spiro atoms. The molecule has 0 aliphatic heterocycles. The van der Waals surface area contributed by atoms with Crippen LogP contribution in [0.1, 0.15) is 112 Å². The van der Waals surface area contributed by atoms with E-state index in [2.05, 4.69) is 200 Å². The third-order valence-electron chi connectivity index (χ3n) is 16.7. The largest absolute Gasteiger partial charge is 0.311 e. The lowest BCUT2D eigenvalue weighted by Crippen LogP contribution is -2.56. The Hall–Kier alpha value is -5.86. The van der Waals surface area contributed by atoms with Crippen LogP contribution in [0.4, 0.5) is 34.1 Å². The van der Waals surface area contributed by atoms with Gasteiger partial charge >= 0.3 is 0 Å². The van der Waals surface area contributed by atoms with Crippen molar-refractivity contribution in [3.63, 3.8) is 0 Å². The molecule has 6 aliphatic carbocycles. The molecule has 0 unspecified atom stereocenters. The van der Waals surface area contributed by atoms with Gasteiger partial charge in [-0.2, -0.15) is 0 Å². The molecule has 2 heteroatoms. The summed E-state index contributed by atoms with van der Waals surface area (Å²) in [7, 11) is 0. The van der Waals surface area contributed by atoms with E-state index in [4.69, 9.17) is 0 Å². The minimum atomic E-state index is -0.0627. The van der Waals surface area contributed by atoms with Gasteiger partial charge in [0, 0.05) is 44.8 Å². The average Bonchev–Trinajstić information content (AvgIpc) is 3.57. The summed E-state index contributed by atoms with van der Waals surface area (Å²) in [5.41, 5.74) is 17.3. The minimum absolute atomic E-state index is 0.00175. The van der Waals surface area contributed by atoms with Gasteiger partial charge in [-0.25, -0.2) is 0 Å². The molecular formula is C61H60N2. The summed E-state index contributed by atoms with van der Waals surface area (Å²) < 4.78 is 0. The Kier molecular flexibility index (Phi) is 9.51. The number of nitrogens with zero attached hydrogens (tertiary/aromatic N) is 2. The van der Waals surface area contributed by atoms with E-state index in [-0.39, 0.29) is 10.8 Å². The third-order valence-corrected chi connectivity index (χ3v) is 16.7. The van der Waals surface area contributed by atoms with E-state index < -0.39 is 0 Å². The lowest BCUT2D eigenvalue weighted by molar-refractivity contribution is -0.0418. The topological polar surface area (TPSA) is 6.48 Å². The molecule has 0 atom stereocenters. The van der Waals surface area contributed by atoms with E-state index in [1.165, 1.54) is 137 Å². The summed E-state index contributed by atoms with van der Waals surface area (Å²) in [6.07, 6.45) is 13.6. The molecule has 0 saturated heterocycles. The van der Waals surface area contributed by atoms with Crippen molar-refractivity contribution in [2.24, 2.45) is 23.7 Å². The second kappa shape index (κ2) is 15.4. The molecule has 5 fully saturated rings. The smallest absolute Gasteiger partial charge is 0.0543 e. The van der Waals surface area contributed by atoms with Gasteiger partial charge in [0.1, 0.15) is 0 Å². The second-order valence-electron chi connectivity index (χ2n) is 20.4. The molecule has 6 aliphatic rings. The van der Waals surface area contributed by atoms with Gasteiger partial charge in [-0.05, 0) is 175 Å². The van der Waals surface area contributed by atoms with Gasteiger partial charge in [-0.1, -0.05) is 142 Å². The number of hydrogen-bond acceptors (Lipinski definition) is 2. The molecule has 13 rings (SSSR count). The molecule has 2 nitrogen and oxygen atoms in total. The Morgan fingerprint density at radius 2 is 0.889 bits per heavy atom. The number of rotatable bonds is 9. The molecule has 0 N–H and O–H groups in total. The maximum atomic E-state index is 2.53. The van der Waals surface area contributed by atoms with Crippen LogP contribution < -0.4 is 9.80 Å². The highest BCUT2D eigenvalue weighted by Gasteiger charge is 2.58. The first-order valence-electron chi connectivity index (χ1n) is 24.2. The van der Waals surface area contributed by atoms with Gasteiger partial charge in [-0.3, -0.25) is 0 Å². The van der Waals surface area contributed by atoms with Crippen LogP contribution in [-0.4, -0.2) is 0 Å². The highest BCUT2D eigenvalue weighted by molar-refractivity contribution is 5.95. The predicted molar refractivity (Wildman–Crippen MR) is 263 cm³/mol. The Balaban J connectivity index is 0.946. The molecule has 0 heterocycles. The van der Waals surface area contributed by atoms with Crippen LogP contribution in [0.25, 0.3) is 11.1 Å². The van der Waals surface area contributed by atoms with Crippen LogP contribution in [0, 0.1) is 23.7 Å². The summed E-state index contributed by atoms with van der Waals surface area (Å²) in [4.78, 5) is 4.98. The van der Waals surface area contributed by atoms with Gasteiger partial charge in [0.25, 0.3) is 0 Å². The van der Waals surface area contributed by atoms with E-state index >= 15 is 0 Å². The molecule has 5 saturated carbocycles. The normalized spacial score (nSPS) is 24.2. The number of fused-ring (bicyclic) bond motifs is 3. The summed E-state index contributed by atoms with van der Waals surface area (Å²) in [5.74, 6) is 3.78. The molecule has 63 heavy (non-hydrogen) atoms. The van der Waals surface area contributed by atoms with Crippen molar-refractivity contribution in [1.82, 2.24) is 0 Å². The van der Waals surface area contributed by atoms with Gasteiger partial charge in [0.05, 0.1) is 5.69 Å². The summed E-state index contributed by atoms with van der Waals surface area (Å²) in [6.45, 7) is 4.77. The monoisotopic (exact) mass is 820 g/mol. The maximum absolute atomic E-state index is 2.53. The summed E-state index contributed by atoms with van der Waals surface area (Å²) in [5, 5.41) is 0. The van der Waals surface area contributed by atoms with E-state index in [0.717, 1.165) is 11.8 Å². The molecule has 7 aromatic carbocycles. The molecule has 314 valence electrons. The quantitative estimate of drug-likeness (QED) is 0.143. The van der Waals surface area contributed by atoms with Gasteiger partial charge in [0.15, 0.2) is 0 Å². The fraction of sp³-hybridized carbons (Fsp3) is 0.311. The van der Waals surface area contributed by atoms with Crippen molar-refractivity contribution in [2.45, 2.75) is 94.8 Å². The van der Waals surface area contributed by atoms with E-state index in [0.29, 0.717) is 17.8 Å². The highest BCUT2D eigenvalue weighted by atomic mass is 15.1. The van der Waals surface area contributed by atoms with Crippen molar-refractivity contribution >= 4 is 34.1 Å². The van der Waals surface area contributed by atoms with Crippen LogP contribution >= 0.6 is 0 Å². The van der Waals surface area contributed by atoms with E-state index in [1.54, 1.807) is 0 Å². The van der Waals surface area contributed by atoms with Crippen LogP contribution in [-0.2, 0) is 10.8 Å². The summed E-state index contributed by atoms with van der Waals surface area (Å²) >= 11 is 0. The number of para-hydroxylation sites is 2. The molecule has 0 radical (unpaired) electrons. The van der Waals surface area contributed by atoms with Crippen LogP contribution in [0.5, 0.6) is 0 Å². The van der Waals surface area contributed by atoms with Gasteiger partial charge in [0.2, 0.25) is 0 Å². The first-order valence-corrected chi connectivity index (χ1v) is 24.2. The lowest BCUT2D eigenvalue weighted by atomic mass is 9.42. The van der Waals surface area contributed by atoms with E-state index in [1.807, 2.05) is 0 Å². The molecular weight excluding hydrogens is 761 g/mol. The zero-order chi connectivity index (χ0) is 42.1. The van der Waals surface area contributed by atoms with Crippen LogP contribution in [0.15, 0.2) is 176 Å². The SMILES string of the molecule is CC1(C)c2ccccc2-c2c(N(c3ccccc3)c3ccc(C4(c5ccc(N(c6ccccc6)c6ccc(C7CCCCC7)cc6)cc5)C5CC6CC(C5)CC4C6)cc3)cccc21. The van der Waals surface area contributed by atoms with Gasteiger partial charge < -0.3 is 9.80 Å². The molecule has 7 aromatic rings. The molecule has 0 amide bonds. The van der Waals surface area contributed by atoms with Crippen molar-refractivity contribution in [1.29, 1.82) is 0 Å². The summed E-state index contributed by atoms with van der Waals surface area (Å²) in [6, 6.07) is 67.5. The fourth-order valence-corrected chi connectivity index (χ4v) is 14.1. The van der Waals surface area contributed by atoms with Crippen molar-refractivity contribution < 1.29 is 0 Å². The zero-order valence-electron chi connectivity index (χ0n) is 37.1. The number of benzene rings is 7. The molecule has 4 bridgehead atoms. The Morgan fingerprint density at radius 1 is 0.413 bits per heavy atom.